The summed E-state index contributed by atoms with van der Waals surface area (Å²) in [7, 11) is 0. The molecule has 0 aromatic carbocycles. The third-order valence-electron chi connectivity index (χ3n) is 0. The maximum absolute atomic E-state index is 8.06. The number of hydrogen-bond acceptors (Lipinski definition) is 2. The monoisotopic (exact) mass is 260 g/mol. The van der Waals surface area contributed by atoms with Crippen LogP contribution in [0.1, 0.15) is 30.5 Å². The molecule has 0 saturated heterocycles. The Hall–Kier alpha value is 1.49. The van der Waals surface area contributed by atoms with Gasteiger partial charge < -0.3 is 13.1 Å². The Morgan fingerprint density at radius 3 is 0.889 bits per heavy atom. The van der Waals surface area contributed by atoms with Crippen LogP contribution in [0.5, 0.6) is 0 Å². The summed E-state index contributed by atoms with van der Waals surface area (Å²) in [5.41, 5.74) is 0. The Balaban J connectivity index is -0.0000000171. The van der Waals surface area contributed by atoms with Gasteiger partial charge in [0.2, 0.25) is 0 Å². The van der Waals surface area contributed by atoms with Crippen LogP contribution in [0, 0.1) is 0 Å². The maximum atomic E-state index is 8.06. The van der Waals surface area contributed by atoms with E-state index < -0.39 is 0 Å². The molecule has 2 N–H and O–H groups in total. The molecule has 0 amide bonds. The van der Waals surface area contributed by atoms with Crippen molar-refractivity contribution in [1.82, 2.24) is 0 Å². The van der Waals surface area contributed by atoms with Crippen molar-refractivity contribution in [3.63, 3.8) is 0 Å². The van der Waals surface area contributed by atoms with Crippen LogP contribution in [0.4, 0.5) is 0 Å². The average molecular weight is 260 g/mol. The van der Waals surface area contributed by atoms with Crippen LogP contribution in [0.25, 0.3) is 0 Å². The van der Waals surface area contributed by atoms with Gasteiger partial charge in [-0.3, -0.25) is 0 Å². The predicted molar refractivity (Wildman–Crippen MR) is 42.7 cm³/mol. The van der Waals surface area contributed by atoms with E-state index in [1.54, 1.807) is 27.7 Å². The first-order valence-corrected chi connectivity index (χ1v) is 2.83. The normalized spacial score (nSPS) is 8.00. The van der Waals surface area contributed by atoms with E-state index in [0.29, 0.717) is 0 Å². The summed E-state index contributed by atoms with van der Waals surface area (Å²) < 4.78 is 0. The van der Waals surface area contributed by atoms with Crippen LogP contribution >= 0.6 is 0 Å². The quantitative estimate of drug-likeness (QED) is 0.626. The van der Waals surface area contributed by atoms with Gasteiger partial charge in [0.1, 0.15) is 0 Å². The van der Waals surface area contributed by atoms with E-state index in [9.17, 15) is 0 Å². The molecule has 0 spiro atoms. The third-order valence-corrected chi connectivity index (χ3v) is 0. The molecule has 0 heterocycles. The molecular formula is C6H18BaO2. The summed E-state index contributed by atoms with van der Waals surface area (Å²) in [5, 5.41) is 16.1. The second kappa shape index (κ2) is 12.2. The zero-order valence-electron chi connectivity index (χ0n) is 8.76. The number of aliphatic hydroxyl groups is 2. The Kier molecular flexibility index (Phi) is 22.8. The zero-order chi connectivity index (χ0) is 7.15. The van der Waals surface area contributed by atoms with E-state index in [4.69, 9.17) is 10.2 Å². The fourth-order valence-electron chi connectivity index (χ4n) is 0. The number of hydrogen-bond donors (Lipinski definition) is 2. The first-order chi connectivity index (χ1) is 3.46. The van der Waals surface area contributed by atoms with Crippen LogP contribution in [-0.4, -0.2) is 71.3 Å². The molecule has 9 heavy (non-hydrogen) atoms. The van der Waals surface area contributed by atoms with Crippen molar-refractivity contribution >= 4 is 48.9 Å². The van der Waals surface area contributed by atoms with Crippen molar-refractivity contribution in [1.29, 1.82) is 0 Å². The van der Waals surface area contributed by atoms with Gasteiger partial charge in [0.15, 0.2) is 0 Å². The molecule has 0 aliphatic rings. The largest absolute Gasteiger partial charge is 2.00 e. The average Bonchev–Trinajstić information content (AvgIpc) is 1.25. The Morgan fingerprint density at radius 2 is 0.889 bits per heavy atom. The molecule has 0 atom stereocenters. The van der Waals surface area contributed by atoms with Gasteiger partial charge in [0, 0.05) is 12.2 Å². The van der Waals surface area contributed by atoms with Crippen LogP contribution in [-0.2, 0) is 0 Å². The summed E-state index contributed by atoms with van der Waals surface area (Å²) >= 11 is 0. The standard InChI is InChI=1S/2C3H8O.Ba.2H/c2*1-3(2)4;;;/h2*3-4H,1-2H3;;;/q;;+2;2*-1. The van der Waals surface area contributed by atoms with Gasteiger partial charge in [-0.2, -0.15) is 0 Å². The third kappa shape index (κ3) is 239. The fourth-order valence-corrected chi connectivity index (χ4v) is 0. The van der Waals surface area contributed by atoms with Crippen molar-refractivity contribution in [2.45, 2.75) is 39.9 Å². The van der Waals surface area contributed by atoms with Gasteiger partial charge in [-0.05, 0) is 27.7 Å². The summed E-state index contributed by atoms with van der Waals surface area (Å²) in [6, 6.07) is 0. The molecule has 0 fully saturated rings. The topological polar surface area (TPSA) is 40.5 Å². The molecule has 2 nitrogen and oxygen atoms in total. The van der Waals surface area contributed by atoms with E-state index in [-0.39, 0.29) is 63.9 Å². The molecule has 0 unspecified atom stereocenters. The van der Waals surface area contributed by atoms with Gasteiger partial charge in [-0.15, -0.1) is 0 Å². The number of rotatable bonds is 0. The van der Waals surface area contributed by atoms with E-state index >= 15 is 0 Å². The zero-order valence-corrected chi connectivity index (χ0v) is 11.2. The minimum absolute atomic E-state index is 0. The molecule has 0 saturated carbocycles. The fraction of sp³-hybridized carbons (Fsp3) is 1.00. The maximum Gasteiger partial charge on any atom is 2.00 e. The van der Waals surface area contributed by atoms with E-state index in [2.05, 4.69) is 0 Å². The van der Waals surface area contributed by atoms with Crippen molar-refractivity contribution < 1.29 is 13.1 Å². The molecule has 0 aliphatic heterocycles. The van der Waals surface area contributed by atoms with E-state index in [0.717, 1.165) is 0 Å². The Morgan fingerprint density at radius 1 is 0.889 bits per heavy atom. The molecule has 56 valence electrons. The minimum Gasteiger partial charge on any atom is -1.00 e. The summed E-state index contributed by atoms with van der Waals surface area (Å²) in [6.07, 6.45) is -0.333. The van der Waals surface area contributed by atoms with Gasteiger partial charge in [0.05, 0.1) is 0 Å². The molecule has 0 radical (unpaired) electrons. The summed E-state index contributed by atoms with van der Waals surface area (Å²) in [5.74, 6) is 0. The summed E-state index contributed by atoms with van der Waals surface area (Å²) in [4.78, 5) is 0. The second-order valence-corrected chi connectivity index (χ2v) is 2.19. The van der Waals surface area contributed by atoms with Gasteiger partial charge in [-0.25, -0.2) is 0 Å². The van der Waals surface area contributed by atoms with E-state index in [1.807, 2.05) is 0 Å². The van der Waals surface area contributed by atoms with Crippen molar-refractivity contribution in [2.24, 2.45) is 0 Å². The Bertz CT molecular complexity index is 34.1. The first kappa shape index (κ1) is 16.8. The van der Waals surface area contributed by atoms with Crippen LogP contribution in [0.15, 0.2) is 0 Å². The molecule has 0 aliphatic carbocycles. The SMILES string of the molecule is CC(C)O.CC(C)O.[Ba+2].[H-].[H-]. The second-order valence-electron chi connectivity index (χ2n) is 2.19. The number of aliphatic hydroxyl groups excluding tert-OH is 2. The minimum atomic E-state index is -0.167. The first-order valence-electron chi connectivity index (χ1n) is 2.83. The van der Waals surface area contributed by atoms with E-state index in [1.165, 1.54) is 0 Å². The van der Waals surface area contributed by atoms with Crippen LogP contribution in [0.3, 0.4) is 0 Å². The predicted octanol–water partition coefficient (Wildman–Crippen LogP) is 0.618. The van der Waals surface area contributed by atoms with Crippen molar-refractivity contribution in [2.75, 3.05) is 0 Å². The summed E-state index contributed by atoms with van der Waals surface area (Å²) in [6.45, 7) is 6.89. The molecule has 3 heteroatoms. The van der Waals surface area contributed by atoms with Crippen LogP contribution < -0.4 is 0 Å². The van der Waals surface area contributed by atoms with Gasteiger partial charge >= 0.3 is 48.9 Å². The van der Waals surface area contributed by atoms with Crippen LogP contribution in [0.2, 0.25) is 0 Å². The molecule has 0 aromatic heterocycles. The van der Waals surface area contributed by atoms with Crippen molar-refractivity contribution in [3.05, 3.63) is 0 Å². The van der Waals surface area contributed by atoms with Crippen molar-refractivity contribution in [3.8, 4) is 0 Å². The Labute approximate surface area is 101 Å². The molecule has 0 rings (SSSR count). The molecule has 0 aromatic rings. The van der Waals surface area contributed by atoms with Gasteiger partial charge in [0.25, 0.3) is 0 Å². The smallest absolute Gasteiger partial charge is 1.00 e. The molecule has 0 bridgehead atoms. The molecular weight excluding hydrogens is 241 g/mol. The van der Waals surface area contributed by atoms with Gasteiger partial charge in [-0.1, -0.05) is 0 Å².